The van der Waals surface area contributed by atoms with Crippen LogP contribution in [-0.4, -0.2) is 56.0 Å². The number of allylic oxidation sites excluding steroid dienone is 1. The lowest BCUT2D eigenvalue weighted by Gasteiger charge is -2.33. The Bertz CT molecular complexity index is 440. The topological polar surface area (TPSA) is 57.7 Å². The zero-order chi connectivity index (χ0) is 16.4. The number of carbonyl (C=O) groups is 1. The Labute approximate surface area is 135 Å². The molecule has 0 saturated carbocycles. The van der Waals surface area contributed by atoms with Gasteiger partial charge >= 0.3 is 0 Å². The van der Waals surface area contributed by atoms with Crippen LogP contribution in [0.5, 0.6) is 0 Å². The minimum absolute atomic E-state index is 0.166. The quantitative estimate of drug-likeness (QED) is 0.456. The molecule has 1 aliphatic heterocycles. The number of unbranched alkanes of at least 4 members (excludes halogenated alkanes) is 6. The molecule has 128 valence electrons. The van der Waals surface area contributed by atoms with Crippen LogP contribution in [0, 0.1) is 0 Å². The van der Waals surface area contributed by atoms with Crippen molar-refractivity contribution >= 4 is 15.9 Å². The van der Waals surface area contributed by atoms with Crippen LogP contribution in [0.2, 0.25) is 0 Å². The Morgan fingerprint density at radius 3 is 2.09 bits per heavy atom. The molecule has 0 N–H and O–H groups in total. The predicted molar refractivity (Wildman–Crippen MR) is 90.1 cm³/mol. The summed E-state index contributed by atoms with van der Waals surface area (Å²) in [6.07, 6.45) is 11.8. The van der Waals surface area contributed by atoms with E-state index in [2.05, 4.69) is 6.58 Å². The van der Waals surface area contributed by atoms with Crippen molar-refractivity contribution in [1.29, 1.82) is 0 Å². The number of carbonyl (C=O) groups excluding carboxylic acids is 1. The third-order valence-electron chi connectivity index (χ3n) is 4.11. The second-order valence-electron chi connectivity index (χ2n) is 5.99. The average Bonchev–Trinajstić information content (AvgIpc) is 2.49. The van der Waals surface area contributed by atoms with E-state index in [4.69, 9.17) is 0 Å². The van der Waals surface area contributed by atoms with E-state index in [-0.39, 0.29) is 5.91 Å². The molecular formula is C16H30N2O3S. The first kappa shape index (κ1) is 19.2. The summed E-state index contributed by atoms with van der Waals surface area (Å²) >= 11 is 0. The Hall–Kier alpha value is -0.880. The third kappa shape index (κ3) is 7.40. The highest BCUT2D eigenvalue weighted by molar-refractivity contribution is 7.88. The molecule has 22 heavy (non-hydrogen) atoms. The minimum atomic E-state index is -3.12. The van der Waals surface area contributed by atoms with Gasteiger partial charge in [0.05, 0.1) is 6.26 Å². The Balaban J connectivity index is 2.08. The summed E-state index contributed by atoms with van der Waals surface area (Å²) in [5, 5.41) is 0. The first-order valence-corrected chi connectivity index (χ1v) is 10.1. The standard InChI is InChI=1S/C16H30N2O3S/c1-3-4-5-6-7-8-9-10-11-16(19)17-12-14-18(15-13-17)22(2,20)21/h3H,1,4-15H2,2H3. The van der Waals surface area contributed by atoms with Gasteiger partial charge in [-0.25, -0.2) is 8.42 Å². The molecule has 6 heteroatoms. The molecule has 1 aliphatic rings. The van der Waals surface area contributed by atoms with E-state index in [1.807, 2.05) is 6.08 Å². The lowest BCUT2D eigenvalue weighted by atomic mass is 10.1. The highest BCUT2D eigenvalue weighted by Gasteiger charge is 2.25. The summed E-state index contributed by atoms with van der Waals surface area (Å²) in [6.45, 7) is 5.60. The van der Waals surface area contributed by atoms with Crippen LogP contribution in [0.15, 0.2) is 12.7 Å². The van der Waals surface area contributed by atoms with Gasteiger partial charge in [0.15, 0.2) is 0 Å². The van der Waals surface area contributed by atoms with Crippen molar-refractivity contribution in [1.82, 2.24) is 9.21 Å². The zero-order valence-corrected chi connectivity index (χ0v) is 14.6. The fourth-order valence-electron chi connectivity index (χ4n) is 2.70. The maximum absolute atomic E-state index is 12.1. The van der Waals surface area contributed by atoms with Crippen LogP contribution in [0.3, 0.4) is 0 Å². The Morgan fingerprint density at radius 1 is 1.00 bits per heavy atom. The number of nitrogens with zero attached hydrogens (tertiary/aromatic N) is 2. The van der Waals surface area contributed by atoms with E-state index in [1.54, 1.807) is 4.90 Å². The van der Waals surface area contributed by atoms with Crippen molar-refractivity contribution < 1.29 is 13.2 Å². The Kier molecular flexibility index (Phi) is 8.71. The smallest absolute Gasteiger partial charge is 0.222 e. The van der Waals surface area contributed by atoms with Crippen LogP contribution in [0.25, 0.3) is 0 Å². The van der Waals surface area contributed by atoms with Gasteiger partial charge in [-0.1, -0.05) is 31.8 Å². The largest absolute Gasteiger partial charge is 0.340 e. The van der Waals surface area contributed by atoms with E-state index >= 15 is 0 Å². The van der Waals surface area contributed by atoms with Crippen molar-refractivity contribution in [2.24, 2.45) is 0 Å². The molecule has 0 aromatic heterocycles. The first-order valence-electron chi connectivity index (χ1n) is 8.29. The zero-order valence-electron chi connectivity index (χ0n) is 13.8. The Morgan fingerprint density at radius 2 is 1.55 bits per heavy atom. The van der Waals surface area contributed by atoms with Crippen LogP contribution in [-0.2, 0) is 14.8 Å². The molecule has 1 rings (SSSR count). The molecule has 0 unspecified atom stereocenters. The molecule has 0 aromatic carbocycles. The molecule has 1 heterocycles. The predicted octanol–water partition coefficient (Wildman–Crippen LogP) is 2.40. The molecule has 0 aliphatic carbocycles. The number of amides is 1. The first-order chi connectivity index (χ1) is 10.4. The second kappa shape index (κ2) is 10.0. The number of hydrogen-bond donors (Lipinski definition) is 0. The normalized spacial score (nSPS) is 16.7. The van der Waals surface area contributed by atoms with Crippen molar-refractivity contribution in [2.75, 3.05) is 32.4 Å². The number of hydrogen-bond acceptors (Lipinski definition) is 3. The number of piperazine rings is 1. The van der Waals surface area contributed by atoms with E-state index in [1.165, 1.54) is 36.2 Å². The lowest BCUT2D eigenvalue weighted by molar-refractivity contribution is -0.132. The number of sulfonamides is 1. The van der Waals surface area contributed by atoms with E-state index in [0.717, 1.165) is 19.3 Å². The molecule has 1 saturated heterocycles. The molecule has 1 amide bonds. The molecule has 5 nitrogen and oxygen atoms in total. The van der Waals surface area contributed by atoms with Crippen LogP contribution in [0.1, 0.15) is 51.4 Å². The third-order valence-corrected chi connectivity index (χ3v) is 5.41. The summed E-state index contributed by atoms with van der Waals surface area (Å²) in [6, 6.07) is 0. The van der Waals surface area contributed by atoms with Gasteiger partial charge in [0, 0.05) is 32.6 Å². The number of rotatable bonds is 10. The molecule has 0 radical (unpaired) electrons. The summed E-state index contributed by atoms with van der Waals surface area (Å²) in [7, 11) is -3.12. The van der Waals surface area contributed by atoms with Crippen LogP contribution >= 0.6 is 0 Å². The molecule has 1 fully saturated rings. The van der Waals surface area contributed by atoms with Gasteiger partial charge in [0.2, 0.25) is 15.9 Å². The monoisotopic (exact) mass is 330 g/mol. The van der Waals surface area contributed by atoms with Gasteiger partial charge in [-0.2, -0.15) is 4.31 Å². The summed E-state index contributed by atoms with van der Waals surface area (Å²) in [5.74, 6) is 0.166. The summed E-state index contributed by atoms with van der Waals surface area (Å²) in [5.41, 5.74) is 0. The van der Waals surface area contributed by atoms with Crippen molar-refractivity contribution in [3.05, 3.63) is 12.7 Å². The van der Waals surface area contributed by atoms with Gasteiger partial charge in [-0.15, -0.1) is 6.58 Å². The highest BCUT2D eigenvalue weighted by Crippen LogP contribution is 2.12. The molecule has 0 spiro atoms. The molecular weight excluding hydrogens is 300 g/mol. The second-order valence-corrected chi connectivity index (χ2v) is 7.97. The van der Waals surface area contributed by atoms with Crippen molar-refractivity contribution in [3.63, 3.8) is 0 Å². The molecule has 0 atom stereocenters. The van der Waals surface area contributed by atoms with Crippen LogP contribution < -0.4 is 0 Å². The maximum Gasteiger partial charge on any atom is 0.222 e. The average molecular weight is 330 g/mol. The summed E-state index contributed by atoms with van der Waals surface area (Å²) in [4.78, 5) is 13.9. The fourth-order valence-corrected chi connectivity index (χ4v) is 3.53. The van der Waals surface area contributed by atoms with Gasteiger partial charge in [0.1, 0.15) is 0 Å². The SMILES string of the molecule is C=CCCCCCCCCC(=O)N1CCN(S(C)(=O)=O)CC1. The van der Waals surface area contributed by atoms with Gasteiger partial charge in [-0.3, -0.25) is 4.79 Å². The van der Waals surface area contributed by atoms with E-state index in [9.17, 15) is 13.2 Å². The fraction of sp³-hybridized carbons (Fsp3) is 0.812. The van der Waals surface area contributed by atoms with E-state index in [0.29, 0.717) is 32.6 Å². The minimum Gasteiger partial charge on any atom is -0.340 e. The molecule has 0 bridgehead atoms. The van der Waals surface area contributed by atoms with Gasteiger partial charge < -0.3 is 4.90 Å². The highest BCUT2D eigenvalue weighted by atomic mass is 32.2. The maximum atomic E-state index is 12.1. The lowest BCUT2D eigenvalue weighted by Crippen LogP contribution is -2.50. The van der Waals surface area contributed by atoms with Crippen molar-refractivity contribution in [2.45, 2.75) is 51.4 Å². The van der Waals surface area contributed by atoms with Crippen LogP contribution in [0.4, 0.5) is 0 Å². The van der Waals surface area contributed by atoms with Gasteiger partial charge in [0.25, 0.3) is 0 Å². The van der Waals surface area contributed by atoms with E-state index < -0.39 is 10.0 Å². The van der Waals surface area contributed by atoms with Gasteiger partial charge in [-0.05, 0) is 19.3 Å². The molecule has 0 aromatic rings. The summed E-state index contributed by atoms with van der Waals surface area (Å²) < 4.78 is 24.3. The van der Waals surface area contributed by atoms with Crippen molar-refractivity contribution in [3.8, 4) is 0 Å².